The maximum Gasteiger partial charge on any atom is 0.201 e. The minimum absolute atomic E-state index is 0.0855. The number of hydrogen-bond acceptors (Lipinski definition) is 2. The predicted molar refractivity (Wildman–Crippen MR) is 138 cm³/mol. The highest BCUT2D eigenvalue weighted by atomic mass is 19.2. The van der Waals surface area contributed by atoms with Crippen LogP contribution in [-0.4, -0.2) is 13.2 Å². The van der Waals surface area contributed by atoms with Gasteiger partial charge in [-0.1, -0.05) is 55.8 Å². The molecule has 0 saturated carbocycles. The van der Waals surface area contributed by atoms with Gasteiger partial charge in [-0.2, -0.15) is 4.39 Å². The van der Waals surface area contributed by atoms with Crippen molar-refractivity contribution in [3.8, 4) is 28.0 Å². The van der Waals surface area contributed by atoms with Gasteiger partial charge in [0.1, 0.15) is 5.82 Å². The number of halogens is 3. The number of benzene rings is 3. The summed E-state index contributed by atoms with van der Waals surface area (Å²) in [4.78, 5) is 0. The second-order valence-corrected chi connectivity index (χ2v) is 9.39. The summed E-state index contributed by atoms with van der Waals surface area (Å²) in [6.45, 7) is 6.80. The van der Waals surface area contributed by atoms with Crippen LogP contribution in [0.2, 0.25) is 0 Å². The van der Waals surface area contributed by atoms with E-state index in [1.165, 1.54) is 12.1 Å². The summed E-state index contributed by atoms with van der Waals surface area (Å²) in [5.41, 5.74) is 2.61. The number of allylic oxidation sites excluding steroid dienone is 1. The third-order valence-electron chi connectivity index (χ3n) is 6.82. The first kappa shape index (κ1) is 26.0. The molecule has 3 aromatic carbocycles. The van der Waals surface area contributed by atoms with Crippen LogP contribution in [0.15, 0.2) is 67.3 Å². The molecule has 0 aromatic heterocycles. The van der Waals surface area contributed by atoms with E-state index < -0.39 is 11.6 Å². The minimum atomic E-state index is -0.994. The molecule has 1 heterocycles. The van der Waals surface area contributed by atoms with Crippen LogP contribution in [0.5, 0.6) is 5.75 Å². The summed E-state index contributed by atoms with van der Waals surface area (Å²) in [7, 11) is 0. The molecular formula is C31H33F3O2. The quantitative estimate of drug-likeness (QED) is 0.207. The Morgan fingerprint density at radius 3 is 2.31 bits per heavy atom. The van der Waals surface area contributed by atoms with E-state index in [1.807, 2.05) is 19.1 Å². The molecule has 2 nitrogen and oxygen atoms in total. The molecule has 1 saturated heterocycles. The standard InChI is InChI=1S/C31H33F3O2/c1-3-5-7-21-8-16-28(36-20-21)24-13-14-25(27(32)19-24)22-9-11-23(12-10-22)26-15-17-29(31(34)30(26)33)35-18-6-4-2/h3,9-15,17,19,21,28H,1,4-8,16,18,20H2,2H3. The first-order valence-corrected chi connectivity index (χ1v) is 12.7. The number of unbranched alkanes of at least 4 members (excludes halogenated alkanes) is 1. The minimum Gasteiger partial charge on any atom is -0.490 e. The molecule has 0 aliphatic carbocycles. The zero-order chi connectivity index (χ0) is 25.5. The third-order valence-corrected chi connectivity index (χ3v) is 6.82. The molecule has 0 amide bonds. The maximum absolute atomic E-state index is 15.1. The van der Waals surface area contributed by atoms with E-state index >= 15 is 4.39 Å². The highest BCUT2D eigenvalue weighted by Crippen LogP contribution is 2.35. The van der Waals surface area contributed by atoms with Crippen LogP contribution >= 0.6 is 0 Å². The molecule has 36 heavy (non-hydrogen) atoms. The van der Waals surface area contributed by atoms with Crippen LogP contribution in [-0.2, 0) is 4.74 Å². The van der Waals surface area contributed by atoms with Crippen LogP contribution < -0.4 is 4.74 Å². The fraction of sp³-hybridized carbons (Fsp3) is 0.355. The summed E-state index contributed by atoms with van der Waals surface area (Å²) in [5.74, 6) is -1.83. The van der Waals surface area contributed by atoms with E-state index in [1.54, 1.807) is 36.4 Å². The van der Waals surface area contributed by atoms with Crippen molar-refractivity contribution in [1.29, 1.82) is 0 Å². The summed E-state index contributed by atoms with van der Waals surface area (Å²) in [6, 6.07) is 15.0. The van der Waals surface area contributed by atoms with Gasteiger partial charge in [0.2, 0.25) is 5.82 Å². The van der Waals surface area contributed by atoms with Gasteiger partial charge in [0.15, 0.2) is 11.6 Å². The molecule has 190 valence electrons. The van der Waals surface area contributed by atoms with Crippen LogP contribution in [0, 0.1) is 23.4 Å². The van der Waals surface area contributed by atoms with Gasteiger partial charge in [0.05, 0.1) is 19.3 Å². The van der Waals surface area contributed by atoms with Crippen molar-refractivity contribution in [3.05, 3.63) is 90.3 Å². The van der Waals surface area contributed by atoms with Crippen LogP contribution in [0.4, 0.5) is 13.2 Å². The Hall–Kier alpha value is -3.05. The molecule has 0 radical (unpaired) electrons. The Balaban J connectivity index is 1.46. The highest BCUT2D eigenvalue weighted by molar-refractivity contribution is 5.71. The fourth-order valence-corrected chi connectivity index (χ4v) is 4.64. The molecule has 2 unspecified atom stereocenters. The van der Waals surface area contributed by atoms with Gasteiger partial charge in [0.25, 0.3) is 0 Å². The monoisotopic (exact) mass is 494 g/mol. The Bertz CT molecular complexity index is 1170. The molecule has 1 fully saturated rings. The van der Waals surface area contributed by atoms with Crippen molar-refractivity contribution < 1.29 is 22.6 Å². The van der Waals surface area contributed by atoms with Crippen LogP contribution in [0.3, 0.4) is 0 Å². The second-order valence-electron chi connectivity index (χ2n) is 9.39. The van der Waals surface area contributed by atoms with E-state index in [2.05, 4.69) is 6.58 Å². The zero-order valence-corrected chi connectivity index (χ0v) is 20.7. The SMILES string of the molecule is C=CCCC1CCC(c2ccc(-c3ccc(-c4ccc(OCCCC)c(F)c4F)cc3)c(F)c2)OC1. The number of ether oxygens (including phenoxy) is 2. The van der Waals surface area contributed by atoms with Crippen molar-refractivity contribution in [3.63, 3.8) is 0 Å². The molecule has 5 heteroatoms. The Morgan fingerprint density at radius 2 is 1.67 bits per heavy atom. The van der Waals surface area contributed by atoms with Crippen molar-refractivity contribution in [2.75, 3.05) is 13.2 Å². The Labute approximate surface area is 211 Å². The lowest BCUT2D eigenvalue weighted by Gasteiger charge is -2.29. The lowest BCUT2D eigenvalue weighted by Crippen LogP contribution is -2.20. The lowest BCUT2D eigenvalue weighted by molar-refractivity contribution is -0.0191. The summed E-state index contributed by atoms with van der Waals surface area (Å²) >= 11 is 0. The van der Waals surface area contributed by atoms with Crippen LogP contribution in [0.1, 0.15) is 57.1 Å². The summed E-state index contributed by atoms with van der Waals surface area (Å²) in [6.07, 6.45) is 7.51. The molecular weight excluding hydrogens is 461 g/mol. The second kappa shape index (κ2) is 12.3. The summed E-state index contributed by atoms with van der Waals surface area (Å²) in [5, 5.41) is 0. The van der Waals surface area contributed by atoms with E-state index in [9.17, 15) is 8.78 Å². The highest BCUT2D eigenvalue weighted by Gasteiger charge is 2.23. The van der Waals surface area contributed by atoms with Crippen molar-refractivity contribution in [1.82, 2.24) is 0 Å². The van der Waals surface area contributed by atoms with Gasteiger partial charge in [-0.15, -0.1) is 6.58 Å². The maximum atomic E-state index is 15.1. The first-order chi connectivity index (χ1) is 17.5. The number of hydrogen-bond donors (Lipinski definition) is 0. The van der Waals surface area contributed by atoms with Gasteiger partial charge < -0.3 is 9.47 Å². The van der Waals surface area contributed by atoms with Gasteiger partial charge >= 0.3 is 0 Å². The Morgan fingerprint density at radius 1 is 0.944 bits per heavy atom. The molecule has 0 spiro atoms. The predicted octanol–water partition coefficient (Wildman–Crippen LogP) is 9.05. The number of rotatable bonds is 10. The third kappa shape index (κ3) is 6.01. The van der Waals surface area contributed by atoms with Gasteiger partial charge in [-0.25, -0.2) is 8.78 Å². The zero-order valence-electron chi connectivity index (χ0n) is 20.7. The molecule has 0 N–H and O–H groups in total. The van der Waals surface area contributed by atoms with Gasteiger partial charge in [0, 0.05) is 11.1 Å². The molecule has 4 rings (SSSR count). The van der Waals surface area contributed by atoms with Gasteiger partial charge in [-0.3, -0.25) is 0 Å². The average Bonchev–Trinajstić information content (AvgIpc) is 2.90. The van der Waals surface area contributed by atoms with Crippen molar-refractivity contribution in [2.45, 2.75) is 51.6 Å². The smallest absolute Gasteiger partial charge is 0.201 e. The van der Waals surface area contributed by atoms with Crippen molar-refractivity contribution >= 4 is 0 Å². The van der Waals surface area contributed by atoms with E-state index in [0.29, 0.717) is 35.8 Å². The molecule has 1 aliphatic heterocycles. The molecule has 2 atom stereocenters. The van der Waals surface area contributed by atoms with Crippen molar-refractivity contribution in [2.24, 2.45) is 5.92 Å². The van der Waals surface area contributed by atoms with E-state index in [-0.39, 0.29) is 23.2 Å². The first-order valence-electron chi connectivity index (χ1n) is 12.7. The van der Waals surface area contributed by atoms with Crippen LogP contribution in [0.25, 0.3) is 22.3 Å². The normalized spacial score (nSPS) is 17.7. The molecule has 1 aliphatic rings. The van der Waals surface area contributed by atoms with E-state index in [0.717, 1.165) is 44.1 Å². The van der Waals surface area contributed by atoms with E-state index in [4.69, 9.17) is 9.47 Å². The topological polar surface area (TPSA) is 18.5 Å². The largest absolute Gasteiger partial charge is 0.490 e. The molecule has 0 bridgehead atoms. The Kier molecular flexibility index (Phi) is 8.87. The summed E-state index contributed by atoms with van der Waals surface area (Å²) < 4.78 is 55.6. The fourth-order valence-electron chi connectivity index (χ4n) is 4.64. The lowest BCUT2D eigenvalue weighted by atomic mass is 9.91. The van der Waals surface area contributed by atoms with Gasteiger partial charge in [-0.05, 0) is 72.9 Å². The molecule has 3 aromatic rings. The average molecular weight is 495 g/mol.